The van der Waals surface area contributed by atoms with Crippen LogP contribution in [-0.2, 0) is 11.2 Å². The van der Waals surface area contributed by atoms with Gasteiger partial charge in [0, 0.05) is 11.6 Å². The Balaban J connectivity index is 1.91. The smallest absolute Gasteiger partial charge is 0.0579 e. The number of halogens is 1. The monoisotopic (exact) mass is 309 g/mol. The highest BCUT2D eigenvalue weighted by Gasteiger charge is 2.21. The van der Waals surface area contributed by atoms with Crippen molar-refractivity contribution in [3.63, 3.8) is 0 Å². The second-order valence-corrected chi connectivity index (χ2v) is 6.99. The van der Waals surface area contributed by atoms with Gasteiger partial charge in [0.15, 0.2) is 0 Å². The lowest BCUT2D eigenvalue weighted by Gasteiger charge is -2.22. The Morgan fingerprint density at radius 3 is 2.76 bits per heavy atom. The molecule has 0 aliphatic carbocycles. The van der Waals surface area contributed by atoms with Gasteiger partial charge in [-0.25, -0.2) is 0 Å². The van der Waals surface area contributed by atoms with E-state index in [0.717, 1.165) is 37.6 Å². The van der Waals surface area contributed by atoms with Crippen LogP contribution in [0.5, 0.6) is 0 Å². The van der Waals surface area contributed by atoms with Gasteiger partial charge in [-0.2, -0.15) is 0 Å². The van der Waals surface area contributed by atoms with E-state index in [1.807, 2.05) is 12.1 Å². The maximum absolute atomic E-state index is 6.32. The van der Waals surface area contributed by atoms with E-state index in [1.165, 1.54) is 18.4 Å². The van der Waals surface area contributed by atoms with E-state index in [-0.39, 0.29) is 0 Å². The first-order valence-corrected chi connectivity index (χ1v) is 8.58. The van der Waals surface area contributed by atoms with Gasteiger partial charge in [-0.3, -0.25) is 0 Å². The van der Waals surface area contributed by atoms with Crippen molar-refractivity contribution in [3.05, 3.63) is 34.9 Å². The van der Waals surface area contributed by atoms with Gasteiger partial charge in [-0.15, -0.1) is 0 Å². The third-order valence-corrected chi connectivity index (χ3v) is 4.44. The Hall–Kier alpha value is -0.570. The number of nitrogens with one attached hydrogen (secondary N) is 1. The first kappa shape index (κ1) is 16.8. The van der Waals surface area contributed by atoms with Crippen LogP contribution < -0.4 is 5.32 Å². The van der Waals surface area contributed by atoms with Crippen molar-refractivity contribution in [1.82, 2.24) is 5.32 Å². The fourth-order valence-corrected chi connectivity index (χ4v) is 3.20. The first-order chi connectivity index (χ1) is 10.1. The van der Waals surface area contributed by atoms with Gasteiger partial charge in [0.1, 0.15) is 0 Å². The molecular formula is C18H28ClNO. The topological polar surface area (TPSA) is 21.3 Å². The molecule has 2 atom stereocenters. The van der Waals surface area contributed by atoms with Crippen LogP contribution >= 0.6 is 11.6 Å². The fourth-order valence-electron chi connectivity index (χ4n) is 2.99. The minimum Gasteiger partial charge on any atom is -0.378 e. The molecule has 2 unspecified atom stereocenters. The van der Waals surface area contributed by atoms with Crippen LogP contribution in [0.25, 0.3) is 0 Å². The first-order valence-electron chi connectivity index (χ1n) is 8.21. The fraction of sp³-hybridized carbons (Fsp3) is 0.667. The highest BCUT2D eigenvalue weighted by molar-refractivity contribution is 6.31. The van der Waals surface area contributed by atoms with Crippen LogP contribution in [0.3, 0.4) is 0 Å². The van der Waals surface area contributed by atoms with Crippen molar-refractivity contribution in [1.29, 1.82) is 0 Å². The molecule has 1 saturated heterocycles. The van der Waals surface area contributed by atoms with E-state index in [2.05, 4.69) is 31.3 Å². The number of ether oxygens (including phenoxy) is 1. The predicted molar refractivity (Wildman–Crippen MR) is 89.9 cm³/mol. The molecule has 1 aliphatic rings. The number of hydrogen-bond donors (Lipinski definition) is 1. The van der Waals surface area contributed by atoms with Gasteiger partial charge in [-0.1, -0.05) is 43.6 Å². The van der Waals surface area contributed by atoms with Crippen molar-refractivity contribution in [2.75, 3.05) is 19.7 Å². The summed E-state index contributed by atoms with van der Waals surface area (Å²) in [5, 5.41) is 4.49. The number of rotatable bonds is 8. The molecule has 1 aromatic carbocycles. The lowest BCUT2D eigenvalue weighted by Crippen LogP contribution is -2.30. The van der Waals surface area contributed by atoms with E-state index >= 15 is 0 Å². The van der Waals surface area contributed by atoms with Crippen LogP contribution in [0, 0.1) is 11.8 Å². The third kappa shape index (κ3) is 5.98. The second kappa shape index (κ2) is 8.77. The molecule has 0 aromatic heterocycles. The van der Waals surface area contributed by atoms with Crippen LogP contribution in [0.2, 0.25) is 5.02 Å². The summed E-state index contributed by atoms with van der Waals surface area (Å²) in [5.74, 6) is 1.28. The summed E-state index contributed by atoms with van der Waals surface area (Å²) in [7, 11) is 0. The van der Waals surface area contributed by atoms with E-state index < -0.39 is 0 Å². The summed E-state index contributed by atoms with van der Waals surface area (Å²) in [6.45, 7) is 7.54. The average molecular weight is 310 g/mol. The van der Waals surface area contributed by atoms with E-state index in [1.54, 1.807) is 0 Å². The van der Waals surface area contributed by atoms with Gasteiger partial charge in [0.25, 0.3) is 0 Å². The molecule has 0 radical (unpaired) electrons. The Bertz CT molecular complexity index is 415. The van der Waals surface area contributed by atoms with Crippen LogP contribution in [-0.4, -0.2) is 25.8 Å². The minimum atomic E-state index is 0.443. The SMILES string of the molecule is CC(C)CNCC(Cc1ccccc1Cl)CC1CCCO1. The summed E-state index contributed by atoms with van der Waals surface area (Å²) in [5.41, 5.74) is 1.26. The maximum atomic E-state index is 6.32. The molecule has 1 heterocycles. The summed E-state index contributed by atoms with van der Waals surface area (Å²) in [6.07, 6.45) is 5.03. The molecule has 21 heavy (non-hydrogen) atoms. The van der Waals surface area contributed by atoms with Crippen molar-refractivity contribution in [2.24, 2.45) is 11.8 Å². The maximum Gasteiger partial charge on any atom is 0.0579 e. The number of benzene rings is 1. The third-order valence-electron chi connectivity index (χ3n) is 4.07. The standard InChI is InChI=1S/C18H28ClNO/c1-14(2)12-20-13-15(11-17-7-5-9-21-17)10-16-6-3-4-8-18(16)19/h3-4,6,8,14-15,17,20H,5,7,9-13H2,1-2H3. The summed E-state index contributed by atoms with van der Waals surface area (Å²) >= 11 is 6.32. The molecule has 1 N–H and O–H groups in total. The molecule has 0 spiro atoms. The van der Waals surface area contributed by atoms with Gasteiger partial charge < -0.3 is 10.1 Å². The molecular weight excluding hydrogens is 282 g/mol. The minimum absolute atomic E-state index is 0.443. The van der Waals surface area contributed by atoms with Crippen molar-refractivity contribution < 1.29 is 4.74 Å². The van der Waals surface area contributed by atoms with Crippen LogP contribution in [0.4, 0.5) is 0 Å². The van der Waals surface area contributed by atoms with E-state index in [4.69, 9.17) is 16.3 Å². The summed E-state index contributed by atoms with van der Waals surface area (Å²) < 4.78 is 5.82. The molecule has 2 rings (SSSR count). The van der Waals surface area contributed by atoms with Gasteiger partial charge in [0.05, 0.1) is 6.10 Å². The molecule has 2 nitrogen and oxygen atoms in total. The molecule has 1 fully saturated rings. The van der Waals surface area contributed by atoms with Crippen LogP contribution in [0.1, 0.15) is 38.7 Å². The molecule has 0 bridgehead atoms. The normalized spacial score (nSPS) is 20.1. The average Bonchev–Trinajstić information content (AvgIpc) is 2.93. The Kier molecular flexibility index (Phi) is 7.01. The zero-order valence-electron chi connectivity index (χ0n) is 13.3. The van der Waals surface area contributed by atoms with Crippen molar-refractivity contribution in [2.45, 2.75) is 45.6 Å². The largest absolute Gasteiger partial charge is 0.378 e. The number of hydrogen-bond acceptors (Lipinski definition) is 2. The zero-order valence-corrected chi connectivity index (χ0v) is 14.0. The molecule has 3 heteroatoms. The molecule has 1 aliphatic heterocycles. The highest BCUT2D eigenvalue weighted by Crippen LogP contribution is 2.25. The van der Waals surface area contributed by atoms with E-state index in [9.17, 15) is 0 Å². The summed E-state index contributed by atoms with van der Waals surface area (Å²) in [6, 6.07) is 8.21. The Morgan fingerprint density at radius 1 is 1.29 bits per heavy atom. The lowest BCUT2D eigenvalue weighted by atomic mass is 9.92. The van der Waals surface area contributed by atoms with Gasteiger partial charge >= 0.3 is 0 Å². The van der Waals surface area contributed by atoms with E-state index in [0.29, 0.717) is 17.9 Å². The van der Waals surface area contributed by atoms with Gasteiger partial charge in [0.2, 0.25) is 0 Å². The Labute approximate surface area is 134 Å². The Morgan fingerprint density at radius 2 is 2.10 bits per heavy atom. The van der Waals surface area contributed by atoms with Gasteiger partial charge in [-0.05, 0) is 62.2 Å². The molecule has 0 saturated carbocycles. The second-order valence-electron chi connectivity index (χ2n) is 6.58. The summed E-state index contributed by atoms with van der Waals surface area (Å²) in [4.78, 5) is 0. The predicted octanol–water partition coefficient (Wildman–Crippen LogP) is 4.31. The van der Waals surface area contributed by atoms with Crippen molar-refractivity contribution >= 4 is 11.6 Å². The lowest BCUT2D eigenvalue weighted by molar-refractivity contribution is 0.0891. The zero-order chi connectivity index (χ0) is 15.1. The molecule has 118 valence electrons. The molecule has 1 aromatic rings. The van der Waals surface area contributed by atoms with Crippen molar-refractivity contribution in [3.8, 4) is 0 Å². The van der Waals surface area contributed by atoms with Crippen LogP contribution in [0.15, 0.2) is 24.3 Å². The molecule has 0 amide bonds. The highest BCUT2D eigenvalue weighted by atomic mass is 35.5. The quantitative estimate of drug-likeness (QED) is 0.772.